The first kappa shape index (κ1) is 21.4. The van der Waals surface area contributed by atoms with Crippen molar-refractivity contribution in [2.75, 3.05) is 44.7 Å². The molecular formula is C27H32N6O. The topological polar surface area (TPSA) is 65.8 Å². The molecule has 4 heterocycles. The fourth-order valence-corrected chi connectivity index (χ4v) is 5.35. The van der Waals surface area contributed by atoms with Gasteiger partial charge in [0.25, 0.3) is 5.91 Å². The molecule has 1 aromatic carbocycles. The quantitative estimate of drug-likeness (QED) is 0.501. The predicted molar refractivity (Wildman–Crippen MR) is 137 cm³/mol. The second-order valence-corrected chi connectivity index (χ2v) is 10.4. The van der Waals surface area contributed by atoms with E-state index >= 15 is 0 Å². The van der Waals surface area contributed by atoms with Crippen LogP contribution in [0.4, 0.5) is 5.82 Å². The number of rotatable bonds is 4. The van der Waals surface area contributed by atoms with E-state index in [1.807, 2.05) is 24.3 Å². The molecule has 0 radical (unpaired) electrons. The van der Waals surface area contributed by atoms with Crippen molar-refractivity contribution in [2.24, 2.45) is 5.41 Å². The third kappa shape index (κ3) is 3.68. The lowest BCUT2D eigenvalue weighted by molar-refractivity contribution is 0.0892. The Hall–Kier alpha value is -3.19. The SMILES string of the molecule is CN1CCCN(c2ccc3cc(C(=O)NCC4(C)CCC4)c4nc5ccccc5n4c3n2)CC1. The maximum Gasteiger partial charge on any atom is 0.255 e. The number of carbonyl (C=O) groups is 1. The van der Waals surface area contributed by atoms with Gasteiger partial charge in [-0.2, -0.15) is 0 Å². The molecule has 0 atom stereocenters. The largest absolute Gasteiger partial charge is 0.355 e. The molecular weight excluding hydrogens is 424 g/mol. The highest BCUT2D eigenvalue weighted by Crippen LogP contribution is 2.39. The summed E-state index contributed by atoms with van der Waals surface area (Å²) in [6.07, 6.45) is 4.72. The Kier molecular flexibility index (Phi) is 5.17. The normalized spacial score (nSPS) is 18.8. The second kappa shape index (κ2) is 8.24. The van der Waals surface area contributed by atoms with Gasteiger partial charge in [0.05, 0.1) is 16.6 Å². The van der Waals surface area contributed by atoms with Crippen LogP contribution in [-0.4, -0.2) is 64.9 Å². The second-order valence-electron chi connectivity index (χ2n) is 10.4. The van der Waals surface area contributed by atoms with Crippen LogP contribution in [0.15, 0.2) is 42.5 Å². The van der Waals surface area contributed by atoms with Crippen LogP contribution in [0.1, 0.15) is 43.0 Å². The van der Waals surface area contributed by atoms with E-state index in [0.29, 0.717) is 17.8 Å². The zero-order valence-corrected chi connectivity index (χ0v) is 20.0. The lowest BCUT2D eigenvalue weighted by atomic mass is 9.70. The number of benzene rings is 1. The summed E-state index contributed by atoms with van der Waals surface area (Å²) in [5.74, 6) is 0.923. The number of nitrogens with one attached hydrogen (secondary N) is 1. The molecule has 7 nitrogen and oxygen atoms in total. The molecule has 3 aromatic heterocycles. The predicted octanol–water partition coefficient (Wildman–Crippen LogP) is 4.10. The van der Waals surface area contributed by atoms with E-state index in [-0.39, 0.29) is 11.3 Å². The van der Waals surface area contributed by atoms with Crippen molar-refractivity contribution >= 4 is 39.4 Å². The number of likely N-dealkylation sites (N-methyl/N-ethyl adjacent to an activating group) is 1. The van der Waals surface area contributed by atoms with Gasteiger partial charge >= 0.3 is 0 Å². The third-order valence-corrected chi connectivity index (χ3v) is 7.73. The molecule has 0 bridgehead atoms. The van der Waals surface area contributed by atoms with Gasteiger partial charge in [0.15, 0.2) is 5.65 Å². The fourth-order valence-electron chi connectivity index (χ4n) is 5.35. The summed E-state index contributed by atoms with van der Waals surface area (Å²) < 4.78 is 2.07. The maximum atomic E-state index is 13.4. The van der Waals surface area contributed by atoms with Crippen LogP contribution >= 0.6 is 0 Å². The highest BCUT2D eigenvalue weighted by Gasteiger charge is 2.32. The average molecular weight is 457 g/mol. The van der Waals surface area contributed by atoms with Crippen LogP contribution in [0.2, 0.25) is 0 Å². The minimum Gasteiger partial charge on any atom is -0.355 e. The molecule has 34 heavy (non-hydrogen) atoms. The first-order valence-electron chi connectivity index (χ1n) is 12.4. The van der Waals surface area contributed by atoms with Gasteiger partial charge in [0.1, 0.15) is 11.5 Å². The van der Waals surface area contributed by atoms with Crippen molar-refractivity contribution in [3.8, 4) is 0 Å². The Labute approximate surface area is 199 Å². The fraction of sp³-hybridized carbons (Fsp3) is 0.444. The number of hydrogen-bond donors (Lipinski definition) is 1. The molecule has 7 heteroatoms. The van der Waals surface area contributed by atoms with E-state index in [1.165, 1.54) is 19.3 Å². The first-order chi connectivity index (χ1) is 16.5. The van der Waals surface area contributed by atoms with E-state index in [4.69, 9.17) is 9.97 Å². The van der Waals surface area contributed by atoms with Crippen LogP contribution in [0.25, 0.3) is 27.7 Å². The summed E-state index contributed by atoms with van der Waals surface area (Å²) in [5.41, 5.74) is 4.20. The summed E-state index contributed by atoms with van der Waals surface area (Å²) in [6.45, 7) is 7.05. The number of hydrogen-bond acceptors (Lipinski definition) is 5. The van der Waals surface area contributed by atoms with Crippen molar-refractivity contribution < 1.29 is 4.79 Å². The minimum atomic E-state index is -0.0602. The Morgan fingerprint density at radius 1 is 1.00 bits per heavy atom. The van der Waals surface area contributed by atoms with Gasteiger partial charge in [-0.15, -0.1) is 0 Å². The molecule has 1 saturated carbocycles. The number of fused-ring (bicyclic) bond motifs is 5. The molecule has 1 N–H and O–H groups in total. The molecule has 1 aliphatic carbocycles. The van der Waals surface area contributed by atoms with Gasteiger partial charge in [-0.25, -0.2) is 9.97 Å². The molecule has 1 saturated heterocycles. The summed E-state index contributed by atoms with van der Waals surface area (Å²) in [4.78, 5) is 28.1. The Bertz CT molecular complexity index is 1390. The van der Waals surface area contributed by atoms with Crippen LogP contribution in [0.5, 0.6) is 0 Å². The van der Waals surface area contributed by atoms with E-state index in [0.717, 1.165) is 60.5 Å². The lowest BCUT2D eigenvalue weighted by Crippen LogP contribution is -2.40. The van der Waals surface area contributed by atoms with Crippen molar-refractivity contribution in [1.29, 1.82) is 0 Å². The zero-order valence-electron chi connectivity index (χ0n) is 20.0. The van der Waals surface area contributed by atoms with Crippen LogP contribution in [0, 0.1) is 5.41 Å². The Balaban J connectivity index is 1.47. The van der Waals surface area contributed by atoms with E-state index in [1.54, 1.807) is 0 Å². The van der Waals surface area contributed by atoms with Crippen molar-refractivity contribution in [3.05, 3.63) is 48.0 Å². The first-order valence-corrected chi connectivity index (χ1v) is 12.4. The number of nitrogens with zero attached hydrogens (tertiary/aromatic N) is 5. The highest BCUT2D eigenvalue weighted by atomic mass is 16.1. The highest BCUT2D eigenvalue weighted by molar-refractivity contribution is 6.05. The van der Waals surface area contributed by atoms with E-state index in [9.17, 15) is 4.79 Å². The van der Waals surface area contributed by atoms with Crippen molar-refractivity contribution in [1.82, 2.24) is 24.6 Å². The number of pyridine rings is 2. The van der Waals surface area contributed by atoms with Crippen LogP contribution in [0.3, 0.4) is 0 Å². The summed E-state index contributed by atoms with van der Waals surface area (Å²) in [5, 5.41) is 4.14. The van der Waals surface area contributed by atoms with Crippen molar-refractivity contribution in [2.45, 2.75) is 32.6 Å². The van der Waals surface area contributed by atoms with Gasteiger partial charge in [0, 0.05) is 31.6 Å². The van der Waals surface area contributed by atoms with Crippen molar-refractivity contribution in [3.63, 3.8) is 0 Å². The molecule has 176 valence electrons. The van der Waals surface area contributed by atoms with Gasteiger partial charge < -0.3 is 15.1 Å². The number of aromatic nitrogens is 3. The smallest absolute Gasteiger partial charge is 0.255 e. The molecule has 0 spiro atoms. The van der Waals surface area contributed by atoms with Gasteiger partial charge in [-0.05, 0) is 68.6 Å². The molecule has 4 aromatic rings. The molecule has 1 amide bonds. The third-order valence-electron chi connectivity index (χ3n) is 7.73. The Morgan fingerprint density at radius 2 is 1.85 bits per heavy atom. The van der Waals surface area contributed by atoms with Crippen LogP contribution in [-0.2, 0) is 0 Å². The number of imidazole rings is 1. The monoisotopic (exact) mass is 456 g/mol. The standard InChI is InChI=1S/C27H32N6O/c1-27(11-5-12-27)18-28-26(34)20-17-19-9-10-23(32-14-6-13-31(2)15-16-32)30-24(19)33-22-8-4-3-7-21(22)29-25(20)33/h3-4,7-10,17H,5-6,11-16,18H2,1-2H3,(H,28,34). The van der Waals surface area contributed by atoms with E-state index < -0.39 is 0 Å². The number of para-hydroxylation sites is 2. The molecule has 6 rings (SSSR count). The molecule has 2 fully saturated rings. The number of amides is 1. The van der Waals surface area contributed by atoms with Gasteiger partial charge in [-0.3, -0.25) is 9.20 Å². The minimum absolute atomic E-state index is 0.0602. The average Bonchev–Trinajstić information content (AvgIpc) is 3.09. The molecule has 2 aliphatic rings. The summed E-state index contributed by atoms with van der Waals surface area (Å²) in [7, 11) is 2.18. The maximum absolute atomic E-state index is 13.4. The lowest BCUT2D eigenvalue weighted by Gasteiger charge is -2.38. The summed E-state index contributed by atoms with van der Waals surface area (Å²) >= 11 is 0. The zero-order chi connectivity index (χ0) is 23.3. The van der Waals surface area contributed by atoms with E-state index in [2.05, 4.69) is 51.7 Å². The van der Waals surface area contributed by atoms with Gasteiger partial charge in [-0.1, -0.05) is 25.5 Å². The molecule has 0 unspecified atom stereocenters. The summed E-state index contributed by atoms with van der Waals surface area (Å²) in [6, 6.07) is 14.2. The Morgan fingerprint density at radius 3 is 2.68 bits per heavy atom. The number of anilines is 1. The number of carbonyl (C=O) groups excluding carboxylic acids is 1. The molecule has 1 aliphatic heterocycles. The van der Waals surface area contributed by atoms with Crippen LogP contribution < -0.4 is 10.2 Å². The van der Waals surface area contributed by atoms with Gasteiger partial charge in [0.2, 0.25) is 0 Å².